The summed E-state index contributed by atoms with van der Waals surface area (Å²) < 4.78 is 13.6. The molecule has 2 heterocycles. The number of piperidine rings is 2. The number of anilines is 1. The van der Waals surface area contributed by atoms with Crippen molar-refractivity contribution in [2.24, 2.45) is 17.6 Å². The summed E-state index contributed by atoms with van der Waals surface area (Å²) >= 11 is 0. The molecule has 3 rings (SSSR count). The van der Waals surface area contributed by atoms with Gasteiger partial charge in [-0.15, -0.1) is 0 Å². The van der Waals surface area contributed by atoms with E-state index < -0.39 is 5.82 Å². The fourth-order valence-electron chi connectivity index (χ4n) is 3.85. The van der Waals surface area contributed by atoms with Crippen LogP contribution in [0.2, 0.25) is 0 Å². The zero-order valence-electron chi connectivity index (χ0n) is 14.8. The number of nitrogens with two attached hydrogens (primary N) is 1. The average molecular weight is 348 g/mol. The van der Waals surface area contributed by atoms with Gasteiger partial charge in [0.2, 0.25) is 0 Å². The van der Waals surface area contributed by atoms with E-state index in [1.54, 1.807) is 23.1 Å². The lowest BCUT2D eigenvalue weighted by atomic mass is 9.93. The molecule has 2 amide bonds. The van der Waals surface area contributed by atoms with E-state index in [2.05, 4.69) is 10.2 Å². The second-order valence-electron chi connectivity index (χ2n) is 7.32. The van der Waals surface area contributed by atoms with Crippen LogP contribution in [0, 0.1) is 17.7 Å². The Labute approximate surface area is 149 Å². The first-order valence-electron chi connectivity index (χ1n) is 9.38. The zero-order valence-corrected chi connectivity index (χ0v) is 14.8. The molecule has 5 nitrogen and oxygen atoms in total. The van der Waals surface area contributed by atoms with Crippen molar-refractivity contribution in [2.45, 2.75) is 25.7 Å². The molecule has 0 radical (unpaired) electrons. The molecule has 6 heteroatoms. The van der Waals surface area contributed by atoms with Crippen LogP contribution >= 0.6 is 0 Å². The first-order valence-corrected chi connectivity index (χ1v) is 9.38. The van der Waals surface area contributed by atoms with Crippen molar-refractivity contribution < 1.29 is 9.18 Å². The number of carbonyl (C=O) groups is 1. The molecule has 3 N–H and O–H groups in total. The normalized spacial score (nSPS) is 20.6. The van der Waals surface area contributed by atoms with Crippen molar-refractivity contribution in [1.82, 2.24) is 9.80 Å². The Kier molecular flexibility index (Phi) is 6.26. The summed E-state index contributed by atoms with van der Waals surface area (Å²) in [5, 5.41) is 2.68. The molecule has 1 aromatic rings. The maximum Gasteiger partial charge on any atom is 0.321 e. The van der Waals surface area contributed by atoms with E-state index in [-0.39, 0.29) is 11.7 Å². The second kappa shape index (κ2) is 8.63. The molecule has 0 spiro atoms. The minimum atomic E-state index is -0.397. The highest BCUT2D eigenvalue weighted by atomic mass is 19.1. The molecule has 0 saturated carbocycles. The van der Waals surface area contributed by atoms with E-state index in [9.17, 15) is 9.18 Å². The molecule has 2 saturated heterocycles. The van der Waals surface area contributed by atoms with Gasteiger partial charge in [0.15, 0.2) is 0 Å². The minimum Gasteiger partial charge on any atom is -0.330 e. The standard InChI is InChI=1S/C19H29FN4O/c20-17-3-1-2-4-18(17)22-19(25)24-11-7-16(8-12-24)14-23-9-5-15(13-21)6-10-23/h1-4,15-16H,5-14,21H2,(H,22,25). The van der Waals surface area contributed by atoms with Gasteiger partial charge >= 0.3 is 6.03 Å². The van der Waals surface area contributed by atoms with Crippen LogP contribution in [0.4, 0.5) is 14.9 Å². The Morgan fingerprint density at radius 1 is 1.08 bits per heavy atom. The first kappa shape index (κ1) is 18.1. The topological polar surface area (TPSA) is 61.6 Å². The van der Waals surface area contributed by atoms with Gasteiger partial charge < -0.3 is 20.9 Å². The van der Waals surface area contributed by atoms with E-state index in [0.29, 0.717) is 11.8 Å². The molecule has 2 aliphatic heterocycles. The molecule has 0 unspecified atom stereocenters. The number of amides is 2. The monoisotopic (exact) mass is 348 g/mol. The molecular weight excluding hydrogens is 319 g/mol. The van der Waals surface area contributed by atoms with Crippen molar-refractivity contribution in [3.63, 3.8) is 0 Å². The van der Waals surface area contributed by atoms with Crippen molar-refractivity contribution in [3.05, 3.63) is 30.1 Å². The van der Waals surface area contributed by atoms with Gasteiger partial charge in [0.25, 0.3) is 0 Å². The number of hydrogen-bond acceptors (Lipinski definition) is 3. The SMILES string of the molecule is NCC1CCN(CC2CCN(C(=O)Nc3ccccc3F)CC2)CC1. The molecule has 1 aromatic carbocycles. The molecule has 0 aromatic heterocycles. The first-order chi connectivity index (χ1) is 12.2. The van der Waals surface area contributed by atoms with Gasteiger partial charge in [0.05, 0.1) is 5.69 Å². The van der Waals surface area contributed by atoms with Crippen molar-refractivity contribution >= 4 is 11.7 Å². The fraction of sp³-hybridized carbons (Fsp3) is 0.632. The molecule has 25 heavy (non-hydrogen) atoms. The number of hydrogen-bond donors (Lipinski definition) is 2. The number of carbonyl (C=O) groups excluding carboxylic acids is 1. The Bertz CT molecular complexity index is 566. The number of para-hydroxylation sites is 1. The van der Waals surface area contributed by atoms with Crippen LogP contribution in [0.1, 0.15) is 25.7 Å². The predicted molar refractivity (Wildman–Crippen MR) is 97.9 cm³/mol. The summed E-state index contributed by atoms with van der Waals surface area (Å²) in [6, 6.07) is 6.08. The van der Waals surface area contributed by atoms with E-state index in [1.807, 2.05) is 0 Å². The van der Waals surface area contributed by atoms with Gasteiger partial charge in [-0.3, -0.25) is 0 Å². The third kappa shape index (κ3) is 4.92. The van der Waals surface area contributed by atoms with Crippen molar-refractivity contribution in [2.75, 3.05) is 44.6 Å². The van der Waals surface area contributed by atoms with Crippen molar-refractivity contribution in [3.8, 4) is 0 Å². The summed E-state index contributed by atoms with van der Waals surface area (Å²) in [6.45, 7) is 5.71. The van der Waals surface area contributed by atoms with E-state index in [4.69, 9.17) is 5.73 Å². The third-order valence-electron chi connectivity index (χ3n) is 5.57. The number of rotatable bonds is 4. The maximum absolute atomic E-state index is 13.6. The Morgan fingerprint density at radius 3 is 2.36 bits per heavy atom. The zero-order chi connectivity index (χ0) is 17.6. The highest BCUT2D eigenvalue weighted by molar-refractivity contribution is 5.89. The van der Waals surface area contributed by atoms with Crippen LogP contribution in [0.5, 0.6) is 0 Å². The third-order valence-corrected chi connectivity index (χ3v) is 5.57. The smallest absolute Gasteiger partial charge is 0.321 e. The molecule has 0 atom stereocenters. The van der Waals surface area contributed by atoms with Crippen LogP contribution in [0.3, 0.4) is 0 Å². The number of nitrogens with zero attached hydrogens (tertiary/aromatic N) is 2. The molecule has 2 aliphatic rings. The molecule has 0 bridgehead atoms. The summed E-state index contributed by atoms with van der Waals surface area (Å²) in [5.41, 5.74) is 6.00. The van der Waals surface area contributed by atoms with E-state index in [1.165, 1.54) is 18.9 Å². The van der Waals surface area contributed by atoms with Crippen molar-refractivity contribution in [1.29, 1.82) is 0 Å². The van der Waals surface area contributed by atoms with E-state index >= 15 is 0 Å². The number of halogens is 1. The highest BCUT2D eigenvalue weighted by Gasteiger charge is 2.26. The molecular formula is C19H29FN4O. The number of benzene rings is 1. The lowest BCUT2D eigenvalue weighted by Gasteiger charge is -2.37. The number of nitrogens with one attached hydrogen (secondary N) is 1. The minimum absolute atomic E-state index is 0.202. The predicted octanol–water partition coefficient (Wildman–Crippen LogP) is 2.74. The Morgan fingerprint density at radius 2 is 1.72 bits per heavy atom. The van der Waals surface area contributed by atoms with Crippen LogP contribution in [0.15, 0.2) is 24.3 Å². The molecule has 0 aliphatic carbocycles. The van der Waals surface area contributed by atoms with Crippen LogP contribution in [-0.4, -0.2) is 55.1 Å². The quantitative estimate of drug-likeness (QED) is 0.879. The lowest BCUT2D eigenvalue weighted by molar-refractivity contribution is 0.128. The van der Waals surface area contributed by atoms with Gasteiger partial charge in [0.1, 0.15) is 5.82 Å². The number of likely N-dealkylation sites (tertiary alicyclic amines) is 2. The van der Waals surface area contributed by atoms with Gasteiger partial charge in [-0.2, -0.15) is 0 Å². The highest BCUT2D eigenvalue weighted by Crippen LogP contribution is 2.23. The summed E-state index contributed by atoms with van der Waals surface area (Å²) in [4.78, 5) is 16.7. The number of urea groups is 1. The average Bonchev–Trinajstić information content (AvgIpc) is 2.65. The summed E-state index contributed by atoms with van der Waals surface area (Å²) in [5.74, 6) is 0.943. The maximum atomic E-state index is 13.6. The van der Waals surface area contributed by atoms with Gasteiger partial charge in [-0.1, -0.05) is 12.1 Å². The van der Waals surface area contributed by atoms with Gasteiger partial charge in [0, 0.05) is 19.6 Å². The molecule has 2 fully saturated rings. The van der Waals surface area contributed by atoms with Gasteiger partial charge in [-0.25, -0.2) is 9.18 Å². The Balaban J connectivity index is 1.41. The van der Waals surface area contributed by atoms with E-state index in [0.717, 1.165) is 52.1 Å². The summed E-state index contributed by atoms with van der Waals surface area (Å²) in [6.07, 6.45) is 4.45. The Hall–Kier alpha value is -1.66. The van der Waals surface area contributed by atoms with Crippen LogP contribution in [-0.2, 0) is 0 Å². The largest absolute Gasteiger partial charge is 0.330 e. The van der Waals surface area contributed by atoms with Crippen LogP contribution in [0.25, 0.3) is 0 Å². The second-order valence-corrected chi connectivity index (χ2v) is 7.32. The molecule has 138 valence electrons. The lowest BCUT2D eigenvalue weighted by Crippen LogP contribution is -2.45. The van der Waals surface area contributed by atoms with Gasteiger partial charge in [-0.05, 0) is 69.3 Å². The fourth-order valence-corrected chi connectivity index (χ4v) is 3.85. The summed E-state index contributed by atoms with van der Waals surface area (Å²) in [7, 11) is 0. The van der Waals surface area contributed by atoms with Crippen LogP contribution < -0.4 is 11.1 Å².